The fourth-order valence-corrected chi connectivity index (χ4v) is 4.71. The Hall–Kier alpha value is -2.19. The standard InChI is InChI=1S/C25H33N5OS/c1-28(2)14-18-5-9-20(10-6-18)25-26-24(13-21-16-29(3)17-23(21)31)30(27-25)15-19-7-11-22(32-4)12-8-19/h5-12,21,23,31H,13-17H2,1-4H3/t21-,23-/m1/s1. The predicted octanol–water partition coefficient (Wildman–Crippen LogP) is 3.24. The van der Waals surface area contributed by atoms with Gasteiger partial charge in [0.2, 0.25) is 0 Å². The van der Waals surface area contributed by atoms with E-state index in [4.69, 9.17) is 10.1 Å². The minimum atomic E-state index is -0.320. The molecule has 4 rings (SSSR count). The van der Waals surface area contributed by atoms with E-state index in [1.807, 2.05) is 4.68 Å². The van der Waals surface area contributed by atoms with E-state index in [0.29, 0.717) is 6.54 Å². The Morgan fingerprint density at radius 1 is 1.03 bits per heavy atom. The summed E-state index contributed by atoms with van der Waals surface area (Å²) in [5.74, 6) is 1.86. The Kier molecular flexibility index (Phi) is 7.30. The first-order valence-corrected chi connectivity index (χ1v) is 12.3. The summed E-state index contributed by atoms with van der Waals surface area (Å²) in [6.45, 7) is 3.18. The normalized spacial score (nSPS) is 19.2. The minimum Gasteiger partial charge on any atom is -0.391 e. The van der Waals surface area contributed by atoms with E-state index in [2.05, 4.69) is 85.7 Å². The van der Waals surface area contributed by atoms with Gasteiger partial charge in [-0.05, 0) is 50.7 Å². The summed E-state index contributed by atoms with van der Waals surface area (Å²) in [5, 5.41) is 15.4. The van der Waals surface area contributed by atoms with Gasteiger partial charge in [0.25, 0.3) is 0 Å². The average molecular weight is 452 g/mol. The lowest BCUT2D eigenvalue weighted by atomic mass is 10.0. The number of aliphatic hydroxyl groups is 1. The second-order valence-corrected chi connectivity index (χ2v) is 9.92. The number of aromatic nitrogens is 3. The Morgan fingerprint density at radius 3 is 2.31 bits per heavy atom. The lowest BCUT2D eigenvalue weighted by Gasteiger charge is -2.13. The van der Waals surface area contributed by atoms with Gasteiger partial charge in [0, 0.05) is 42.4 Å². The van der Waals surface area contributed by atoms with E-state index < -0.39 is 0 Å². The van der Waals surface area contributed by atoms with Crippen molar-refractivity contribution in [3.05, 3.63) is 65.5 Å². The zero-order valence-electron chi connectivity index (χ0n) is 19.4. The van der Waals surface area contributed by atoms with Crippen LogP contribution in [-0.4, -0.2) is 76.3 Å². The first-order valence-electron chi connectivity index (χ1n) is 11.1. The van der Waals surface area contributed by atoms with Crippen molar-refractivity contribution < 1.29 is 5.11 Å². The molecule has 1 aliphatic rings. The van der Waals surface area contributed by atoms with Crippen LogP contribution in [-0.2, 0) is 19.5 Å². The van der Waals surface area contributed by atoms with E-state index in [0.717, 1.165) is 43.3 Å². The van der Waals surface area contributed by atoms with Gasteiger partial charge < -0.3 is 14.9 Å². The third kappa shape index (κ3) is 5.59. The number of hydrogen-bond acceptors (Lipinski definition) is 6. The van der Waals surface area contributed by atoms with Gasteiger partial charge in [-0.2, -0.15) is 5.10 Å². The average Bonchev–Trinajstić information content (AvgIpc) is 3.31. The molecule has 1 N–H and O–H groups in total. The van der Waals surface area contributed by atoms with Crippen molar-refractivity contribution in [1.29, 1.82) is 0 Å². The van der Waals surface area contributed by atoms with Gasteiger partial charge in [-0.1, -0.05) is 36.4 Å². The molecule has 2 atom stereocenters. The molecule has 1 fully saturated rings. The SMILES string of the molecule is CSc1ccc(Cn2nc(-c3ccc(CN(C)C)cc3)nc2C[C@@H]2CN(C)C[C@H]2O)cc1. The largest absolute Gasteiger partial charge is 0.391 e. The summed E-state index contributed by atoms with van der Waals surface area (Å²) in [4.78, 5) is 10.5. The lowest BCUT2D eigenvalue weighted by molar-refractivity contribution is 0.142. The highest BCUT2D eigenvalue weighted by Gasteiger charge is 2.31. The topological polar surface area (TPSA) is 57.4 Å². The number of thioether (sulfide) groups is 1. The number of benzene rings is 2. The smallest absolute Gasteiger partial charge is 0.181 e. The quantitative estimate of drug-likeness (QED) is 0.531. The van der Waals surface area contributed by atoms with Crippen molar-refractivity contribution in [2.45, 2.75) is 30.5 Å². The van der Waals surface area contributed by atoms with Gasteiger partial charge >= 0.3 is 0 Å². The maximum atomic E-state index is 10.5. The number of β-amino-alcohol motifs (C(OH)–C–C–N with tert-alkyl or cyclic N) is 1. The first kappa shape index (κ1) is 23.0. The molecule has 1 aliphatic heterocycles. The molecule has 0 saturated carbocycles. The monoisotopic (exact) mass is 451 g/mol. The van der Waals surface area contributed by atoms with Crippen LogP contribution in [0.3, 0.4) is 0 Å². The van der Waals surface area contributed by atoms with Crippen molar-refractivity contribution in [2.75, 3.05) is 40.5 Å². The van der Waals surface area contributed by atoms with Crippen LogP contribution in [0.5, 0.6) is 0 Å². The molecular weight excluding hydrogens is 418 g/mol. The van der Waals surface area contributed by atoms with Gasteiger partial charge in [0.1, 0.15) is 5.82 Å². The van der Waals surface area contributed by atoms with Gasteiger partial charge in [0.05, 0.1) is 12.6 Å². The second kappa shape index (κ2) is 10.2. The fourth-order valence-electron chi connectivity index (χ4n) is 4.30. The van der Waals surface area contributed by atoms with Crippen molar-refractivity contribution in [1.82, 2.24) is 24.6 Å². The number of rotatable bonds is 8. The molecule has 1 aromatic heterocycles. The summed E-state index contributed by atoms with van der Waals surface area (Å²) in [6.07, 6.45) is 2.49. The second-order valence-electron chi connectivity index (χ2n) is 9.04. The third-order valence-corrected chi connectivity index (χ3v) is 6.73. The van der Waals surface area contributed by atoms with Crippen LogP contribution in [0, 0.1) is 5.92 Å². The maximum absolute atomic E-state index is 10.5. The molecule has 0 spiro atoms. The Balaban J connectivity index is 1.61. The predicted molar refractivity (Wildman–Crippen MR) is 131 cm³/mol. The van der Waals surface area contributed by atoms with Crippen LogP contribution in [0.1, 0.15) is 17.0 Å². The molecule has 0 radical (unpaired) electrons. The van der Waals surface area contributed by atoms with E-state index in [1.165, 1.54) is 16.0 Å². The highest BCUT2D eigenvalue weighted by Crippen LogP contribution is 2.24. The van der Waals surface area contributed by atoms with Crippen LogP contribution in [0.2, 0.25) is 0 Å². The molecular formula is C25H33N5OS. The molecule has 2 aromatic carbocycles. The fraction of sp³-hybridized carbons (Fsp3) is 0.440. The lowest BCUT2D eigenvalue weighted by Crippen LogP contribution is -2.22. The van der Waals surface area contributed by atoms with Gasteiger partial charge in [-0.15, -0.1) is 11.8 Å². The number of nitrogens with zero attached hydrogens (tertiary/aromatic N) is 5. The van der Waals surface area contributed by atoms with Crippen molar-refractivity contribution >= 4 is 11.8 Å². The summed E-state index contributed by atoms with van der Waals surface area (Å²) in [5.41, 5.74) is 3.49. The molecule has 2 heterocycles. The molecule has 3 aromatic rings. The summed E-state index contributed by atoms with van der Waals surface area (Å²) < 4.78 is 2.02. The maximum Gasteiger partial charge on any atom is 0.181 e. The first-order chi connectivity index (χ1) is 15.4. The van der Waals surface area contributed by atoms with E-state index >= 15 is 0 Å². The molecule has 0 unspecified atom stereocenters. The Labute approximate surface area is 195 Å². The number of aliphatic hydroxyl groups excluding tert-OH is 1. The van der Waals surface area contributed by atoms with Crippen molar-refractivity contribution in [2.24, 2.45) is 5.92 Å². The van der Waals surface area contributed by atoms with Crippen molar-refractivity contribution in [3.63, 3.8) is 0 Å². The van der Waals surface area contributed by atoms with Gasteiger partial charge in [-0.3, -0.25) is 0 Å². The van der Waals surface area contributed by atoms with Crippen LogP contribution < -0.4 is 0 Å². The number of likely N-dealkylation sites (tertiary alicyclic amines) is 1. The third-order valence-electron chi connectivity index (χ3n) is 5.98. The van der Waals surface area contributed by atoms with Crippen molar-refractivity contribution in [3.8, 4) is 11.4 Å². The van der Waals surface area contributed by atoms with Crippen LogP contribution in [0.15, 0.2) is 53.4 Å². The molecule has 0 amide bonds. The summed E-state index contributed by atoms with van der Waals surface area (Å²) in [7, 11) is 6.20. The summed E-state index contributed by atoms with van der Waals surface area (Å²) >= 11 is 1.74. The molecule has 7 heteroatoms. The zero-order chi connectivity index (χ0) is 22.7. The van der Waals surface area contributed by atoms with Gasteiger partial charge in [-0.25, -0.2) is 9.67 Å². The molecule has 0 aliphatic carbocycles. The molecule has 0 bridgehead atoms. The summed E-state index contributed by atoms with van der Waals surface area (Å²) in [6, 6.07) is 17.1. The minimum absolute atomic E-state index is 0.178. The van der Waals surface area contributed by atoms with E-state index in [9.17, 15) is 5.11 Å². The van der Waals surface area contributed by atoms with Crippen LogP contribution in [0.25, 0.3) is 11.4 Å². The van der Waals surface area contributed by atoms with Gasteiger partial charge in [0.15, 0.2) is 5.82 Å². The molecule has 1 saturated heterocycles. The molecule has 170 valence electrons. The van der Waals surface area contributed by atoms with E-state index in [1.54, 1.807) is 11.8 Å². The van der Waals surface area contributed by atoms with Crippen LogP contribution >= 0.6 is 11.8 Å². The molecule has 32 heavy (non-hydrogen) atoms. The number of hydrogen-bond donors (Lipinski definition) is 1. The highest BCUT2D eigenvalue weighted by molar-refractivity contribution is 7.98. The molecule has 6 nitrogen and oxygen atoms in total. The Bertz CT molecular complexity index is 1020. The highest BCUT2D eigenvalue weighted by atomic mass is 32.2. The Morgan fingerprint density at radius 2 is 1.72 bits per heavy atom. The van der Waals surface area contributed by atoms with Crippen LogP contribution in [0.4, 0.5) is 0 Å². The van der Waals surface area contributed by atoms with E-state index in [-0.39, 0.29) is 12.0 Å². The zero-order valence-corrected chi connectivity index (χ0v) is 20.2. The number of likely N-dealkylation sites (N-methyl/N-ethyl adjacent to an activating group) is 1.